The molecule has 2 aliphatic rings. The van der Waals surface area contributed by atoms with Crippen LogP contribution in [-0.4, -0.2) is 47.9 Å². The molecule has 1 spiro atoms. The van der Waals surface area contributed by atoms with Crippen molar-refractivity contribution in [1.82, 2.24) is 5.32 Å². The second kappa shape index (κ2) is 6.89. The van der Waals surface area contributed by atoms with E-state index in [0.29, 0.717) is 31.1 Å². The van der Waals surface area contributed by atoms with Gasteiger partial charge in [-0.3, -0.25) is 0 Å². The Balaban J connectivity index is 1.99. The minimum Gasteiger partial charge on any atom is -0.444 e. The van der Waals surface area contributed by atoms with Crippen LogP contribution in [0.5, 0.6) is 0 Å². The Morgan fingerprint density at radius 3 is 2.36 bits per heavy atom. The highest BCUT2D eigenvalue weighted by molar-refractivity contribution is 5.68. The van der Waals surface area contributed by atoms with E-state index in [4.69, 9.17) is 14.2 Å². The third kappa shape index (κ3) is 5.43. The first kappa shape index (κ1) is 20.2. The summed E-state index contributed by atoms with van der Waals surface area (Å²) in [5.74, 6) is -0.586. The summed E-state index contributed by atoms with van der Waals surface area (Å²) in [6.07, 6.45) is 1.03. The molecular formula is C19H33NO5. The van der Waals surface area contributed by atoms with E-state index >= 15 is 0 Å². The lowest BCUT2D eigenvalue weighted by Gasteiger charge is -2.37. The molecule has 1 amide bonds. The Labute approximate surface area is 150 Å². The van der Waals surface area contributed by atoms with Crippen molar-refractivity contribution < 1.29 is 24.1 Å². The number of aliphatic hydroxyl groups is 1. The maximum Gasteiger partial charge on any atom is 0.407 e. The van der Waals surface area contributed by atoms with Crippen molar-refractivity contribution in [3.63, 3.8) is 0 Å². The van der Waals surface area contributed by atoms with E-state index in [-0.39, 0.29) is 5.41 Å². The van der Waals surface area contributed by atoms with Crippen LogP contribution in [0.25, 0.3) is 0 Å². The Morgan fingerprint density at radius 1 is 1.32 bits per heavy atom. The van der Waals surface area contributed by atoms with E-state index in [1.165, 1.54) is 0 Å². The minimum absolute atomic E-state index is 0.0379. The highest BCUT2D eigenvalue weighted by Gasteiger charge is 2.55. The zero-order chi connectivity index (χ0) is 19.0. The summed E-state index contributed by atoms with van der Waals surface area (Å²) in [5.41, 5.74) is 0.0624. The molecule has 0 bridgehead atoms. The molecule has 2 N–H and O–H groups in total. The quantitative estimate of drug-likeness (QED) is 0.742. The molecule has 1 saturated heterocycles. The first-order valence-corrected chi connectivity index (χ1v) is 9.02. The molecule has 2 atom stereocenters. The molecule has 0 radical (unpaired) electrons. The van der Waals surface area contributed by atoms with Gasteiger partial charge >= 0.3 is 6.09 Å². The molecule has 1 aliphatic heterocycles. The SMILES string of the molecule is CC(C)C[C@H](NC(=O)OC(C)(C)C)C(O)C1=CC12OCC(C)(C)CO2. The number of rotatable bonds is 5. The lowest BCUT2D eigenvalue weighted by Crippen LogP contribution is -2.48. The van der Waals surface area contributed by atoms with Gasteiger partial charge in [0, 0.05) is 11.0 Å². The van der Waals surface area contributed by atoms with Gasteiger partial charge in [-0.25, -0.2) is 4.79 Å². The molecule has 0 aromatic carbocycles. The van der Waals surface area contributed by atoms with Gasteiger partial charge in [-0.05, 0) is 39.2 Å². The van der Waals surface area contributed by atoms with E-state index < -0.39 is 29.6 Å². The van der Waals surface area contributed by atoms with Crippen molar-refractivity contribution in [2.45, 2.75) is 78.4 Å². The highest BCUT2D eigenvalue weighted by atomic mass is 16.7. The number of aliphatic hydroxyl groups excluding tert-OH is 1. The van der Waals surface area contributed by atoms with Gasteiger partial charge in [-0.15, -0.1) is 0 Å². The monoisotopic (exact) mass is 355 g/mol. The van der Waals surface area contributed by atoms with Crippen molar-refractivity contribution in [2.75, 3.05) is 13.2 Å². The van der Waals surface area contributed by atoms with Crippen molar-refractivity contribution in [1.29, 1.82) is 0 Å². The van der Waals surface area contributed by atoms with Gasteiger partial charge in [-0.1, -0.05) is 27.7 Å². The number of hydrogen-bond donors (Lipinski definition) is 2. The first-order valence-electron chi connectivity index (χ1n) is 9.02. The Bertz CT molecular complexity index is 522. The summed E-state index contributed by atoms with van der Waals surface area (Å²) in [6.45, 7) is 14.8. The highest BCUT2D eigenvalue weighted by Crippen LogP contribution is 2.47. The zero-order valence-electron chi connectivity index (χ0n) is 16.5. The van der Waals surface area contributed by atoms with Crippen LogP contribution in [0.3, 0.4) is 0 Å². The van der Waals surface area contributed by atoms with E-state index in [0.717, 1.165) is 0 Å². The summed E-state index contributed by atoms with van der Waals surface area (Å²) in [7, 11) is 0. The fourth-order valence-corrected chi connectivity index (χ4v) is 2.85. The van der Waals surface area contributed by atoms with Gasteiger partial charge in [0.05, 0.1) is 19.3 Å². The topological polar surface area (TPSA) is 77.0 Å². The van der Waals surface area contributed by atoms with E-state index in [1.807, 2.05) is 34.6 Å². The van der Waals surface area contributed by atoms with Gasteiger partial charge in [0.25, 0.3) is 0 Å². The minimum atomic E-state index is -0.889. The summed E-state index contributed by atoms with van der Waals surface area (Å²) < 4.78 is 17.0. The van der Waals surface area contributed by atoms with Gasteiger partial charge in [0.2, 0.25) is 5.79 Å². The molecule has 0 aromatic rings. The first-order chi connectivity index (χ1) is 11.3. The van der Waals surface area contributed by atoms with Crippen molar-refractivity contribution in [3.8, 4) is 0 Å². The summed E-state index contributed by atoms with van der Waals surface area (Å²) in [4.78, 5) is 12.1. The second-order valence-electron chi connectivity index (χ2n) is 9.34. The van der Waals surface area contributed by atoms with Gasteiger partial charge in [0.15, 0.2) is 0 Å². The van der Waals surface area contributed by atoms with Crippen LogP contribution in [0.1, 0.15) is 54.9 Å². The van der Waals surface area contributed by atoms with Crippen molar-refractivity contribution in [3.05, 3.63) is 11.6 Å². The number of nitrogens with one attached hydrogen (secondary N) is 1. The number of carbonyl (C=O) groups excluding carboxylic acids is 1. The van der Waals surface area contributed by atoms with Crippen LogP contribution in [0.4, 0.5) is 4.79 Å². The molecule has 144 valence electrons. The predicted octanol–water partition coefficient (Wildman–Crippen LogP) is 3.00. The van der Waals surface area contributed by atoms with Crippen molar-refractivity contribution >= 4 is 6.09 Å². The van der Waals surface area contributed by atoms with Gasteiger partial charge in [-0.2, -0.15) is 0 Å². The number of alkyl carbamates (subject to hydrolysis) is 1. The fourth-order valence-electron chi connectivity index (χ4n) is 2.85. The standard InChI is InChI=1S/C19H33NO5/c1-12(2)8-14(20-16(22)25-17(3,4)5)15(21)13-9-19(13)23-10-18(6,7)11-24-19/h9,12,14-15,21H,8,10-11H2,1-7H3,(H,20,22)/t14-,15?/m0/s1. The summed E-state index contributed by atoms with van der Waals surface area (Å²) in [5, 5.41) is 13.6. The van der Waals surface area contributed by atoms with E-state index in [9.17, 15) is 9.90 Å². The summed E-state index contributed by atoms with van der Waals surface area (Å²) >= 11 is 0. The largest absolute Gasteiger partial charge is 0.444 e. The van der Waals surface area contributed by atoms with Crippen LogP contribution in [0, 0.1) is 11.3 Å². The maximum atomic E-state index is 12.1. The molecule has 0 aromatic heterocycles. The van der Waals surface area contributed by atoms with Gasteiger partial charge < -0.3 is 24.6 Å². The average Bonchev–Trinajstić information content (AvgIpc) is 3.13. The van der Waals surface area contributed by atoms with E-state index in [1.54, 1.807) is 6.08 Å². The summed E-state index contributed by atoms with van der Waals surface area (Å²) in [6, 6.07) is -0.456. The van der Waals surface area contributed by atoms with Crippen LogP contribution < -0.4 is 5.32 Å². The second-order valence-corrected chi connectivity index (χ2v) is 9.34. The molecular weight excluding hydrogens is 322 g/mol. The Hall–Kier alpha value is -1.11. The molecule has 1 heterocycles. The lowest BCUT2D eigenvalue weighted by atomic mass is 9.94. The van der Waals surface area contributed by atoms with Crippen LogP contribution in [0.2, 0.25) is 0 Å². The maximum absolute atomic E-state index is 12.1. The molecule has 1 unspecified atom stereocenters. The van der Waals surface area contributed by atoms with Crippen LogP contribution in [-0.2, 0) is 14.2 Å². The average molecular weight is 355 g/mol. The van der Waals surface area contributed by atoms with Gasteiger partial charge in [0.1, 0.15) is 11.7 Å². The number of amides is 1. The molecule has 2 rings (SSSR count). The molecule has 25 heavy (non-hydrogen) atoms. The number of hydrogen-bond acceptors (Lipinski definition) is 5. The molecule has 6 heteroatoms. The zero-order valence-corrected chi connectivity index (χ0v) is 16.5. The third-order valence-corrected chi connectivity index (χ3v) is 4.15. The Morgan fingerprint density at radius 2 is 1.88 bits per heavy atom. The molecule has 1 fully saturated rings. The number of ether oxygens (including phenoxy) is 3. The number of carbonyl (C=O) groups is 1. The van der Waals surface area contributed by atoms with Crippen LogP contribution in [0.15, 0.2) is 11.6 Å². The smallest absolute Gasteiger partial charge is 0.407 e. The van der Waals surface area contributed by atoms with Crippen molar-refractivity contribution in [2.24, 2.45) is 11.3 Å². The third-order valence-electron chi connectivity index (χ3n) is 4.15. The van der Waals surface area contributed by atoms with E-state index in [2.05, 4.69) is 19.2 Å². The Kier molecular flexibility index (Phi) is 5.57. The lowest BCUT2D eigenvalue weighted by molar-refractivity contribution is -0.233. The molecule has 1 aliphatic carbocycles. The van der Waals surface area contributed by atoms with Crippen LogP contribution >= 0.6 is 0 Å². The molecule has 0 saturated carbocycles. The normalized spacial score (nSPS) is 23.8. The predicted molar refractivity (Wildman–Crippen MR) is 95.1 cm³/mol. The molecule has 6 nitrogen and oxygen atoms in total. The fraction of sp³-hybridized carbons (Fsp3) is 0.842.